The molecule has 2 saturated heterocycles. The summed E-state index contributed by atoms with van der Waals surface area (Å²) in [5, 5.41) is 9.68. The molecule has 0 radical (unpaired) electrons. The van der Waals surface area contributed by atoms with Crippen molar-refractivity contribution < 1.29 is 5.11 Å². The number of aliphatic hydroxyl groups excluding tert-OH is 1. The van der Waals surface area contributed by atoms with Crippen molar-refractivity contribution in [1.82, 2.24) is 19.4 Å². The van der Waals surface area contributed by atoms with Gasteiger partial charge in [0.15, 0.2) is 0 Å². The van der Waals surface area contributed by atoms with Crippen molar-refractivity contribution in [3.8, 4) is 0 Å². The molecule has 2 fully saturated rings. The van der Waals surface area contributed by atoms with Crippen LogP contribution in [0.1, 0.15) is 19.3 Å². The van der Waals surface area contributed by atoms with E-state index in [9.17, 15) is 4.79 Å². The molecular formula is C21H31N5O2. The fourth-order valence-electron chi connectivity index (χ4n) is 4.47. The van der Waals surface area contributed by atoms with E-state index in [4.69, 9.17) is 5.11 Å². The van der Waals surface area contributed by atoms with Gasteiger partial charge in [-0.05, 0) is 44.6 Å². The molecule has 7 nitrogen and oxygen atoms in total. The molecule has 1 aromatic heterocycles. The molecule has 0 bridgehead atoms. The first-order valence-corrected chi connectivity index (χ1v) is 10.4. The zero-order valence-electron chi connectivity index (χ0n) is 16.8. The first kappa shape index (κ1) is 19.4. The quantitative estimate of drug-likeness (QED) is 0.828. The third-order valence-electron chi connectivity index (χ3n) is 6.28. The van der Waals surface area contributed by atoms with Crippen molar-refractivity contribution >= 4 is 16.6 Å². The number of anilines is 1. The lowest BCUT2D eigenvalue weighted by Crippen LogP contribution is -2.51. The Labute approximate surface area is 166 Å². The van der Waals surface area contributed by atoms with Crippen LogP contribution in [0.3, 0.4) is 0 Å². The predicted octanol–water partition coefficient (Wildman–Crippen LogP) is 0.995. The van der Waals surface area contributed by atoms with Gasteiger partial charge in [0.1, 0.15) is 0 Å². The fraction of sp³-hybridized carbons (Fsp3) is 0.619. The van der Waals surface area contributed by atoms with Crippen LogP contribution in [0.4, 0.5) is 5.69 Å². The molecule has 2 aliphatic heterocycles. The summed E-state index contributed by atoms with van der Waals surface area (Å²) in [6.07, 6.45) is 5.55. The Bertz CT molecular complexity index is 859. The Morgan fingerprint density at radius 1 is 1.14 bits per heavy atom. The maximum atomic E-state index is 12.5. The van der Waals surface area contributed by atoms with Gasteiger partial charge in [-0.3, -0.25) is 14.3 Å². The molecule has 1 atom stereocenters. The van der Waals surface area contributed by atoms with Crippen molar-refractivity contribution in [3.05, 3.63) is 34.9 Å². The van der Waals surface area contributed by atoms with Gasteiger partial charge in [0, 0.05) is 44.5 Å². The molecule has 3 heterocycles. The molecule has 1 unspecified atom stereocenters. The van der Waals surface area contributed by atoms with E-state index in [-0.39, 0.29) is 18.7 Å². The SMILES string of the molecule is CN1CCCCC1CN1CCN(c2ccc3c(=O)n(CCO)cnc3c2)CC1. The highest BCUT2D eigenvalue weighted by molar-refractivity contribution is 5.81. The van der Waals surface area contributed by atoms with Gasteiger partial charge in [-0.1, -0.05) is 6.42 Å². The van der Waals surface area contributed by atoms with Gasteiger partial charge >= 0.3 is 0 Å². The minimum absolute atomic E-state index is 0.0634. The second-order valence-corrected chi connectivity index (χ2v) is 8.09. The highest BCUT2D eigenvalue weighted by Gasteiger charge is 2.24. The molecule has 4 rings (SSSR count). The average molecular weight is 386 g/mol. The second-order valence-electron chi connectivity index (χ2n) is 8.09. The number of likely N-dealkylation sites (N-methyl/N-ethyl adjacent to an activating group) is 1. The third-order valence-corrected chi connectivity index (χ3v) is 6.28. The zero-order valence-corrected chi connectivity index (χ0v) is 16.8. The molecule has 2 aliphatic rings. The number of hydrogen-bond donors (Lipinski definition) is 1. The van der Waals surface area contributed by atoms with Crippen LogP contribution in [0.15, 0.2) is 29.3 Å². The molecule has 152 valence electrons. The molecule has 0 amide bonds. The predicted molar refractivity (Wildman–Crippen MR) is 112 cm³/mol. The average Bonchev–Trinajstić information content (AvgIpc) is 2.72. The summed E-state index contributed by atoms with van der Waals surface area (Å²) < 4.78 is 1.46. The van der Waals surface area contributed by atoms with Gasteiger partial charge in [-0.25, -0.2) is 4.98 Å². The summed E-state index contributed by atoms with van der Waals surface area (Å²) in [7, 11) is 2.26. The Kier molecular flexibility index (Phi) is 5.94. The van der Waals surface area contributed by atoms with E-state index in [0.717, 1.165) is 37.4 Å². The van der Waals surface area contributed by atoms with Crippen LogP contribution < -0.4 is 10.5 Å². The van der Waals surface area contributed by atoms with Crippen molar-refractivity contribution in [2.45, 2.75) is 31.8 Å². The summed E-state index contributed by atoms with van der Waals surface area (Å²) in [4.78, 5) is 24.4. The molecule has 0 saturated carbocycles. The van der Waals surface area contributed by atoms with Crippen LogP contribution in [-0.2, 0) is 6.54 Å². The summed E-state index contributed by atoms with van der Waals surface area (Å²) in [6, 6.07) is 6.62. The minimum Gasteiger partial charge on any atom is -0.395 e. The van der Waals surface area contributed by atoms with Crippen LogP contribution in [0.2, 0.25) is 0 Å². The van der Waals surface area contributed by atoms with Crippen molar-refractivity contribution in [3.63, 3.8) is 0 Å². The van der Waals surface area contributed by atoms with E-state index < -0.39 is 0 Å². The summed E-state index contributed by atoms with van der Waals surface area (Å²) >= 11 is 0. The Morgan fingerprint density at radius 2 is 1.96 bits per heavy atom. The first-order chi connectivity index (χ1) is 13.7. The maximum Gasteiger partial charge on any atom is 0.261 e. The summed E-state index contributed by atoms with van der Waals surface area (Å²) in [5.41, 5.74) is 1.77. The highest BCUT2D eigenvalue weighted by atomic mass is 16.3. The molecule has 1 N–H and O–H groups in total. The Morgan fingerprint density at radius 3 is 2.71 bits per heavy atom. The van der Waals surface area contributed by atoms with E-state index in [1.807, 2.05) is 18.2 Å². The number of fused-ring (bicyclic) bond motifs is 1. The maximum absolute atomic E-state index is 12.5. The smallest absolute Gasteiger partial charge is 0.261 e. The summed E-state index contributed by atoms with van der Waals surface area (Å²) in [6.45, 7) is 6.78. The highest BCUT2D eigenvalue weighted by Crippen LogP contribution is 2.22. The van der Waals surface area contributed by atoms with Gasteiger partial charge in [-0.15, -0.1) is 0 Å². The van der Waals surface area contributed by atoms with Crippen LogP contribution in [0.5, 0.6) is 0 Å². The van der Waals surface area contributed by atoms with Gasteiger partial charge in [-0.2, -0.15) is 0 Å². The number of benzene rings is 1. The van der Waals surface area contributed by atoms with Crippen molar-refractivity contribution in [2.24, 2.45) is 0 Å². The molecule has 0 spiro atoms. The second kappa shape index (κ2) is 8.59. The van der Waals surface area contributed by atoms with Gasteiger partial charge in [0.25, 0.3) is 5.56 Å². The van der Waals surface area contributed by atoms with Crippen LogP contribution >= 0.6 is 0 Å². The van der Waals surface area contributed by atoms with Gasteiger partial charge in [0.05, 0.1) is 30.4 Å². The molecule has 2 aromatic rings. The standard InChI is InChI=1S/C21H31N5O2/c1-23-7-3-2-4-18(23)15-24-8-10-25(11-9-24)17-5-6-19-20(14-17)22-16-26(12-13-27)21(19)28/h5-6,14,16,18,27H,2-4,7-13,15H2,1H3. The van der Waals surface area contributed by atoms with Crippen LogP contribution in [0, 0.1) is 0 Å². The number of hydrogen-bond acceptors (Lipinski definition) is 6. The fourth-order valence-corrected chi connectivity index (χ4v) is 4.47. The lowest BCUT2D eigenvalue weighted by molar-refractivity contribution is 0.125. The number of piperazine rings is 1. The van der Waals surface area contributed by atoms with Gasteiger partial charge in [0.2, 0.25) is 0 Å². The molecule has 28 heavy (non-hydrogen) atoms. The van der Waals surface area contributed by atoms with E-state index in [1.54, 1.807) is 0 Å². The third kappa shape index (κ3) is 4.06. The number of rotatable bonds is 5. The monoisotopic (exact) mass is 385 g/mol. The minimum atomic E-state index is -0.0907. The van der Waals surface area contributed by atoms with E-state index >= 15 is 0 Å². The van der Waals surface area contributed by atoms with E-state index in [1.165, 1.54) is 43.2 Å². The Hall–Kier alpha value is -1.96. The Balaban J connectivity index is 1.41. The summed E-state index contributed by atoms with van der Waals surface area (Å²) in [5.74, 6) is 0. The van der Waals surface area contributed by atoms with Crippen molar-refractivity contribution in [1.29, 1.82) is 0 Å². The number of aromatic nitrogens is 2. The van der Waals surface area contributed by atoms with Gasteiger partial charge < -0.3 is 14.9 Å². The molecule has 0 aliphatic carbocycles. The number of nitrogens with zero attached hydrogens (tertiary/aromatic N) is 5. The lowest BCUT2D eigenvalue weighted by Gasteiger charge is -2.40. The van der Waals surface area contributed by atoms with E-state index in [2.05, 4.69) is 26.7 Å². The number of likely N-dealkylation sites (tertiary alicyclic amines) is 1. The first-order valence-electron chi connectivity index (χ1n) is 10.4. The number of piperidine rings is 1. The van der Waals surface area contributed by atoms with Crippen LogP contribution in [0.25, 0.3) is 10.9 Å². The molecule has 7 heteroatoms. The molecular weight excluding hydrogens is 354 g/mol. The van der Waals surface area contributed by atoms with E-state index in [0.29, 0.717) is 11.4 Å². The normalized spacial score (nSPS) is 22.1. The zero-order chi connectivity index (χ0) is 19.5. The van der Waals surface area contributed by atoms with Crippen LogP contribution in [-0.4, -0.2) is 83.4 Å². The topological polar surface area (TPSA) is 64.8 Å². The van der Waals surface area contributed by atoms with Crippen molar-refractivity contribution in [2.75, 3.05) is 57.8 Å². The number of aliphatic hydroxyl groups is 1. The largest absolute Gasteiger partial charge is 0.395 e. The lowest BCUT2D eigenvalue weighted by atomic mass is 10.0. The molecule has 1 aromatic carbocycles.